The van der Waals surface area contributed by atoms with Crippen molar-refractivity contribution in [2.45, 2.75) is 0 Å². The normalized spacial score (nSPS) is 11.6. The molecule has 11 aromatic rings. The minimum Gasteiger partial charge on any atom is -0.455 e. The van der Waals surface area contributed by atoms with Crippen LogP contribution in [-0.4, -0.2) is 4.57 Å². The summed E-state index contributed by atoms with van der Waals surface area (Å²) < 4.78 is 8.97. The van der Waals surface area contributed by atoms with Crippen LogP contribution < -0.4 is 4.90 Å². The highest BCUT2D eigenvalue weighted by Gasteiger charge is 2.21. The Morgan fingerprint density at radius 1 is 0.382 bits per heavy atom. The predicted molar refractivity (Wildman–Crippen MR) is 231 cm³/mol. The first-order chi connectivity index (χ1) is 27.3. The number of fused-ring (bicyclic) bond motifs is 7. The number of hydrogen-bond acceptors (Lipinski definition) is 2. The molecule has 3 heteroatoms. The molecule has 0 unspecified atom stereocenters. The number of aromatic nitrogens is 1. The highest BCUT2D eigenvalue weighted by molar-refractivity contribution is 6.11. The van der Waals surface area contributed by atoms with Gasteiger partial charge in [-0.05, 0) is 88.6 Å². The molecule has 2 heterocycles. The van der Waals surface area contributed by atoms with E-state index in [1.54, 1.807) is 0 Å². The third-order valence-corrected chi connectivity index (χ3v) is 11.0. The largest absolute Gasteiger partial charge is 0.455 e. The van der Waals surface area contributed by atoms with Crippen molar-refractivity contribution in [3.8, 4) is 27.9 Å². The fourth-order valence-corrected chi connectivity index (χ4v) is 8.43. The maximum atomic E-state index is 6.60. The van der Waals surface area contributed by atoms with E-state index in [4.69, 9.17) is 4.42 Å². The number of furan rings is 1. The summed E-state index contributed by atoms with van der Waals surface area (Å²) in [6.07, 6.45) is 0. The topological polar surface area (TPSA) is 21.3 Å². The minimum atomic E-state index is 0.891. The van der Waals surface area contributed by atoms with Crippen molar-refractivity contribution in [3.63, 3.8) is 0 Å². The van der Waals surface area contributed by atoms with E-state index in [9.17, 15) is 0 Å². The van der Waals surface area contributed by atoms with Gasteiger partial charge in [0.25, 0.3) is 0 Å². The van der Waals surface area contributed by atoms with Crippen LogP contribution in [0.15, 0.2) is 211 Å². The Morgan fingerprint density at radius 3 is 1.82 bits per heavy atom. The molecule has 0 saturated heterocycles. The molecule has 258 valence electrons. The lowest BCUT2D eigenvalue weighted by Gasteiger charge is -2.28. The van der Waals surface area contributed by atoms with Gasteiger partial charge >= 0.3 is 0 Å². The number of para-hydroxylation sites is 5. The molecule has 0 spiro atoms. The maximum Gasteiger partial charge on any atom is 0.143 e. The second kappa shape index (κ2) is 12.6. The van der Waals surface area contributed by atoms with Crippen molar-refractivity contribution in [2.24, 2.45) is 0 Å². The Bertz CT molecular complexity index is 3170. The third-order valence-electron chi connectivity index (χ3n) is 11.0. The van der Waals surface area contributed by atoms with E-state index < -0.39 is 0 Å². The fourth-order valence-electron chi connectivity index (χ4n) is 8.43. The van der Waals surface area contributed by atoms with Gasteiger partial charge in [0.1, 0.15) is 11.2 Å². The second-order valence-corrected chi connectivity index (χ2v) is 14.1. The van der Waals surface area contributed by atoms with Gasteiger partial charge in [-0.1, -0.05) is 140 Å². The molecule has 0 N–H and O–H groups in total. The van der Waals surface area contributed by atoms with E-state index in [0.29, 0.717) is 0 Å². The lowest BCUT2D eigenvalue weighted by Crippen LogP contribution is -2.11. The third kappa shape index (κ3) is 5.13. The summed E-state index contributed by atoms with van der Waals surface area (Å²) in [5, 5.41) is 7.21. The van der Waals surface area contributed by atoms with Crippen molar-refractivity contribution in [3.05, 3.63) is 206 Å². The summed E-state index contributed by atoms with van der Waals surface area (Å²) in [7, 11) is 0. The summed E-state index contributed by atoms with van der Waals surface area (Å²) in [5.74, 6) is 0. The number of hydrogen-bond donors (Lipinski definition) is 0. The van der Waals surface area contributed by atoms with Crippen molar-refractivity contribution < 1.29 is 4.42 Å². The molecule has 55 heavy (non-hydrogen) atoms. The lowest BCUT2D eigenvalue weighted by atomic mass is 9.98. The smallest absolute Gasteiger partial charge is 0.143 e. The van der Waals surface area contributed by atoms with Crippen LogP contribution in [-0.2, 0) is 0 Å². The molecule has 0 radical (unpaired) electrons. The molecule has 9 aromatic carbocycles. The molecule has 0 aliphatic carbocycles. The van der Waals surface area contributed by atoms with Crippen molar-refractivity contribution in [2.75, 3.05) is 4.90 Å². The minimum absolute atomic E-state index is 0.891. The first-order valence-electron chi connectivity index (χ1n) is 18.8. The molecule has 3 nitrogen and oxygen atoms in total. The summed E-state index contributed by atoms with van der Waals surface area (Å²) in [5.41, 5.74) is 13.0. The molecular formula is C52H34N2O. The van der Waals surface area contributed by atoms with E-state index in [-0.39, 0.29) is 0 Å². The van der Waals surface area contributed by atoms with Crippen LogP contribution in [0, 0.1) is 0 Å². The molecular weight excluding hydrogens is 669 g/mol. The van der Waals surface area contributed by atoms with E-state index in [1.807, 2.05) is 12.1 Å². The molecule has 11 rings (SSSR count). The van der Waals surface area contributed by atoms with Gasteiger partial charge < -0.3 is 13.9 Å². The summed E-state index contributed by atoms with van der Waals surface area (Å²) in [6.45, 7) is 0. The lowest BCUT2D eigenvalue weighted by molar-refractivity contribution is 0.670. The Hall–Kier alpha value is -7.36. The Kier molecular flexibility index (Phi) is 7.17. The van der Waals surface area contributed by atoms with Gasteiger partial charge in [-0.3, -0.25) is 0 Å². The molecule has 0 aliphatic heterocycles. The molecule has 0 aliphatic rings. The summed E-state index contributed by atoms with van der Waals surface area (Å²) >= 11 is 0. The van der Waals surface area contributed by atoms with Gasteiger partial charge in [0, 0.05) is 49.7 Å². The highest BCUT2D eigenvalue weighted by atomic mass is 16.3. The van der Waals surface area contributed by atoms with Crippen LogP contribution in [0.4, 0.5) is 17.1 Å². The van der Waals surface area contributed by atoms with Gasteiger partial charge in [-0.2, -0.15) is 0 Å². The Labute approximate surface area is 318 Å². The SMILES string of the molecule is c1cc(-c2ccc3ccccc3c2)cc(N(c2ccc(-n3c4ccccc4c4ccccc43)cc2)c2ccccc2-c2cccc3c2oc2ccccc23)c1. The Morgan fingerprint density at radius 2 is 1.00 bits per heavy atom. The van der Waals surface area contributed by atoms with Crippen LogP contribution in [0.2, 0.25) is 0 Å². The summed E-state index contributed by atoms with van der Waals surface area (Å²) in [6, 6.07) is 74.0. The number of benzene rings is 9. The van der Waals surface area contributed by atoms with Gasteiger partial charge in [0.05, 0.1) is 16.7 Å². The zero-order chi connectivity index (χ0) is 36.3. The van der Waals surface area contributed by atoms with Crippen LogP contribution >= 0.6 is 0 Å². The second-order valence-electron chi connectivity index (χ2n) is 14.1. The zero-order valence-electron chi connectivity index (χ0n) is 29.9. The fraction of sp³-hybridized carbons (Fsp3) is 0. The van der Waals surface area contributed by atoms with Crippen molar-refractivity contribution in [1.82, 2.24) is 4.57 Å². The predicted octanol–water partition coefficient (Wildman–Crippen LogP) is 14.6. The van der Waals surface area contributed by atoms with Crippen molar-refractivity contribution in [1.29, 1.82) is 0 Å². The van der Waals surface area contributed by atoms with E-state index >= 15 is 0 Å². The Balaban J connectivity index is 1.11. The van der Waals surface area contributed by atoms with Crippen LogP contribution in [0.1, 0.15) is 0 Å². The molecule has 0 amide bonds. The molecule has 0 atom stereocenters. The van der Waals surface area contributed by atoms with Gasteiger partial charge in [-0.25, -0.2) is 0 Å². The number of anilines is 3. The van der Waals surface area contributed by atoms with Crippen LogP contribution in [0.25, 0.3) is 82.5 Å². The zero-order valence-corrected chi connectivity index (χ0v) is 29.9. The van der Waals surface area contributed by atoms with Gasteiger partial charge in [-0.15, -0.1) is 0 Å². The average Bonchev–Trinajstić information content (AvgIpc) is 3.80. The first kappa shape index (κ1) is 31.2. The molecule has 0 bridgehead atoms. The quantitative estimate of drug-likeness (QED) is 0.172. The van der Waals surface area contributed by atoms with Crippen LogP contribution in [0.3, 0.4) is 0 Å². The monoisotopic (exact) mass is 702 g/mol. The molecule has 2 aromatic heterocycles. The van der Waals surface area contributed by atoms with E-state index in [0.717, 1.165) is 61.4 Å². The summed E-state index contributed by atoms with van der Waals surface area (Å²) in [4.78, 5) is 2.39. The average molecular weight is 703 g/mol. The van der Waals surface area contributed by atoms with Gasteiger partial charge in [0.15, 0.2) is 0 Å². The highest BCUT2D eigenvalue weighted by Crippen LogP contribution is 2.45. The molecule has 0 saturated carbocycles. The number of nitrogens with zero attached hydrogens (tertiary/aromatic N) is 2. The van der Waals surface area contributed by atoms with Crippen molar-refractivity contribution >= 4 is 71.6 Å². The van der Waals surface area contributed by atoms with E-state index in [2.05, 4.69) is 204 Å². The van der Waals surface area contributed by atoms with Gasteiger partial charge in [0.2, 0.25) is 0 Å². The van der Waals surface area contributed by atoms with Crippen LogP contribution in [0.5, 0.6) is 0 Å². The first-order valence-corrected chi connectivity index (χ1v) is 18.8. The number of rotatable bonds is 6. The standard InChI is InChI=1S/C52H34N2O/c1-2-14-36-33-38(28-27-35(36)13-1)37-15-11-16-41(34-37)53(39-29-31-40(32-30-39)54-49-24-8-3-17-42(49)43-18-4-9-25-50(43)54)48-23-7-5-19-44(48)46-21-12-22-47-45-20-6-10-26-51(45)55-52(46)47/h1-34H. The maximum absolute atomic E-state index is 6.60. The molecule has 0 fully saturated rings. The van der Waals surface area contributed by atoms with E-state index in [1.165, 1.54) is 38.1 Å².